The van der Waals surface area contributed by atoms with Gasteiger partial charge >= 0.3 is 0 Å². The molecule has 1 unspecified atom stereocenters. The van der Waals surface area contributed by atoms with Gasteiger partial charge in [0.05, 0.1) is 12.8 Å². The molecule has 1 aliphatic rings. The Morgan fingerprint density at radius 2 is 1.89 bits per heavy atom. The highest BCUT2D eigenvalue weighted by atomic mass is 79.9. The molecule has 1 atom stereocenters. The van der Waals surface area contributed by atoms with Crippen molar-refractivity contribution < 1.29 is 14.3 Å². The molecule has 0 spiro atoms. The molecule has 3 rings (SSSR count). The van der Waals surface area contributed by atoms with E-state index in [0.29, 0.717) is 18.7 Å². The van der Waals surface area contributed by atoms with E-state index in [1.54, 1.807) is 18.9 Å². The SMILES string of the molecule is COc1cc(NC(C)C(=O)Nc2ccc(Br)cc2)ccc1N1CCCC1=O. The highest BCUT2D eigenvalue weighted by Gasteiger charge is 2.24. The molecule has 0 radical (unpaired) electrons. The van der Waals surface area contributed by atoms with E-state index in [1.807, 2.05) is 42.5 Å². The molecule has 0 aromatic heterocycles. The lowest BCUT2D eigenvalue weighted by molar-refractivity contribution is -0.117. The number of ether oxygens (including phenoxy) is 1. The zero-order valence-corrected chi connectivity index (χ0v) is 16.9. The van der Waals surface area contributed by atoms with Gasteiger partial charge in [-0.1, -0.05) is 15.9 Å². The summed E-state index contributed by atoms with van der Waals surface area (Å²) in [5.74, 6) is 0.571. The Balaban J connectivity index is 1.68. The average Bonchev–Trinajstić information content (AvgIpc) is 3.09. The number of rotatable bonds is 6. The molecule has 1 heterocycles. The summed E-state index contributed by atoms with van der Waals surface area (Å²) in [5.41, 5.74) is 2.25. The molecular weight excluding hydrogens is 410 g/mol. The largest absolute Gasteiger partial charge is 0.494 e. The maximum Gasteiger partial charge on any atom is 0.246 e. The van der Waals surface area contributed by atoms with Crippen LogP contribution < -0.4 is 20.3 Å². The van der Waals surface area contributed by atoms with Crippen LogP contribution >= 0.6 is 15.9 Å². The van der Waals surface area contributed by atoms with Crippen molar-refractivity contribution in [1.82, 2.24) is 0 Å². The third kappa shape index (κ3) is 4.60. The Bertz CT molecular complexity index is 839. The number of carbonyl (C=O) groups excluding carboxylic acids is 2. The average molecular weight is 432 g/mol. The van der Waals surface area contributed by atoms with Crippen LogP contribution in [0, 0.1) is 0 Å². The van der Waals surface area contributed by atoms with Crippen molar-refractivity contribution in [2.75, 3.05) is 29.2 Å². The van der Waals surface area contributed by atoms with Crippen LogP contribution in [-0.4, -0.2) is 31.5 Å². The van der Waals surface area contributed by atoms with Crippen LogP contribution in [0.1, 0.15) is 19.8 Å². The molecule has 2 aromatic carbocycles. The molecule has 142 valence electrons. The molecule has 0 bridgehead atoms. The zero-order chi connectivity index (χ0) is 19.4. The molecule has 2 amide bonds. The van der Waals surface area contributed by atoms with Crippen molar-refractivity contribution in [2.45, 2.75) is 25.8 Å². The van der Waals surface area contributed by atoms with Crippen LogP contribution in [0.25, 0.3) is 0 Å². The normalized spacial score (nSPS) is 14.8. The van der Waals surface area contributed by atoms with Crippen LogP contribution in [0.2, 0.25) is 0 Å². The van der Waals surface area contributed by atoms with Crippen LogP contribution in [0.15, 0.2) is 46.9 Å². The minimum atomic E-state index is -0.447. The maximum atomic E-state index is 12.4. The van der Waals surface area contributed by atoms with Crippen molar-refractivity contribution in [2.24, 2.45) is 0 Å². The monoisotopic (exact) mass is 431 g/mol. The topological polar surface area (TPSA) is 70.7 Å². The number of halogens is 1. The number of amides is 2. The second-order valence-corrected chi connectivity index (χ2v) is 7.31. The number of benzene rings is 2. The minimum absolute atomic E-state index is 0.108. The highest BCUT2D eigenvalue weighted by Crippen LogP contribution is 2.34. The molecule has 6 nitrogen and oxygen atoms in total. The summed E-state index contributed by atoms with van der Waals surface area (Å²) in [6.07, 6.45) is 1.42. The van der Waals surface area contributed by atoms with E-state index in [9.17, 15) is 9.59 Å². The molecule has 7 heteroatoms. The first-order chi connectivity index (χ1) is 13.0. The lowest BCUT2D eigenvalue weighted by Crippen LogP contribution is -2.32. The van der Waals surface area contributed by atoms with E-state index < -0.39 is 6.04 Å². The molecule has 0 aliphatic carbocycles. The lowest BCUT2D eigenvalue weighted by Gasteiger charge is -2.21. The number of carbonyl (C=O) groups is 2. The molecule has 1 saturated heterocycles. The second kappa shape index (κ2) is 8.43. The minimum Gasteiger partial charge on any atom is -0.494 e. The Morgan fingerprint density at radius 3 is 2.52 bits per heavy atom. The van der Waals surface area contributed by atoms with Crippen LogP contribution in [0.3, 0.4) is 0 Å². The van der Waals surface area contributed by atoms with E-state index in [4.69, 9.17) is 4.74 Å². The van der Waals surface area contributed by atoms with Crippen molar-refractivity contribution in [3.8, 4) is 5.75 Å². The number of nitrogens with zero attached hydrogens (tertiary/aromatic N) is 1. The predicted octanol–water partition coefficient (Wildman–Crippen LogP) is 4.02. The molecular formula is C20H22BrN3O3. The fourth-order valence-electron chi connectivity index (χ4n) is 2.99. The van der Waals surface area contributed by atoms with E-state index in [1.165, 1.54) is 0 Å². The molecule has 2 aromatic rings. The first-order valence-electron chi connectivity index (χ1n) is 8.79. The van der Waals surface area contributed by atoms with E-state index in [-0.39, 0.29) is 11.8 Å². The fraction of sp³-hybridized carbons (Fsp3) is 0.300. The van der Waals surface area contributed by atoms with Gasteiger partial charge in [-0.05, 0) is 49.7 Å². The zero-order valence-electron chi connectivity index (χ0n) is 15.3. The van der Waals surface area contributed by atoms with Gasteiger partial charge in [-0.2, -0.15) is 0 Å². The number of nitrogens with one attached hydrogen (secondary N) is 2. The Kier molecular flexibility index (Phi) is 6.01. The molecule has 27 heavy (non-hydrogen) atoms. The summed E-state index contributed by atoms with van der Waals surface area (Å²) in [4.78, 5) is 26.1. The van der Waals surface area contributed by atoms with Crippen molar-refractivity contribution in [3.63, 3.8) is 0 Å². The third-order valence-electron chi connectivity index (χ3n) is 4.43. The van der Waals surface area contributed by atoms with Gasteiger partial charge in [0, 0.05) is 34.9 Å². The fourth-order valence-corrected chi connectivity index (χ4v) is 3.26. The van der Waals surface area contributed by atoms with E-state index in [2.05, 4.69) is 26.6 Å². The Morgan fingerprint density at radius 1 is 1.19 bits per heavy atom. The van der Waals surface area contributed by atoms with Crippen LogP contribution in [-0.2, 0) is 9.59 Å². The predicted molar refractivity (Wildman–Crippen MR) is 110 cm³/mol. The van der Waals surface area contributed by atoms with Gasteiger partial charge in [-0.15, -0.1) is 0 Å². The molecule has 1 aliphatic heterocycles. The van der Waals surface area contributed by atoms with Crippen molar-refractivity contribution in [1.29, 1.82) is 0 Å². The standard InChI is InChI=1S/C20H22BrN3O3/c1-13(20(26)23-15-7-5-14(21)6-8-15)22-16-9-10-17(18(12-16)27-2)24-11-3-4-19(24)25/h5-10,12-13,22H,3-4,11H2,1-2H3,(H,23,26). The van der Waals surface area contributed by atoms with Gasteiger partial charge in [0.15, 0.2) is 0 Å². The van der Waals surface area contributed by atoms with Gasteiger partial charge < -0.3 is 20.3 Å². The highest BCUT2D eigenvalue weighted by molar-refractivity contribution is 9.10. The van der Waals surface area contributed by atoms with Crippen LogP contribution in [0.5, 0.6) is 5.75 Å². The summed E-state index contributed by atoms with van der Waals surface area (Å²) in [7, 11) is 1.58. The molecule has 2 N–H and O–H groups in total. The van der Waals surface area contributed by atoms with Crippen molar-refractivity contribution in [3.05, 3.63) is 46.9 Å². The second-order valence-electron chi connectivity index (χ2n) is 6.40. The number of hydrogen-bond acceptors (Lipinski definition) is 4. The van der Waals surface area contributed by atoms with Crippen molar-refractivity contribution >= 4 is 44.8 Å². The Labute approximate surface area is 167 Å². The van der Waals surface area contributed by atoms with Gasteiger partial charge in [0.2, 0.25) is 11.8 Å². The van der Waals surface area contributed by atoms with Gasteiger partial charge in [0.1, 0.15) is 11.8 Å². The van der Waals surface area contributed by atoms with Gasteiger partial charge in [0.25, 0.3) is 0 Å². The lowest BCUT2D eigenvalue weighted by atomic mass is 10.2. The summed E-state index contributed by atoms with van der Waals surface area (Å²) < 4.78 is 6.41. The number of methoxy groups -OCH3 is 1. The summed E-state index contributed by atoms with van der Waals surface area (Å²) in [6, 6.07) is 12.5. The number of anilines is 3. The quantitative estimate of drug-likeness (QED) is 0.724. The summed E-state index contributed by atoms with van der Waals surface area (Å²) in [6.45, 7) is 2.49. The first-order valence-corrected chi connectivity index (χ1v) is 9.58. The number of hydrogen-bond donors (Lipinski definition) is 2. The van der Waals surface area contributed by atoms with Gasteiger partial charge in [-0.3, -0.25) is 9.59 Å². The smallest absolute Gasteiger partial charge is 0.246 e. The third-order valence-corrected chi connectivity index (χ3v) is 4.96. The Hall–Kier alpha value is -2.54. The van der Waals surface area contributed by atoms with Gasteiger partial charge in [-0.25, -0.2) is 0 Å². The summed E-state index contributed by atoms with van der Waals surface area (Å²) in [5, 5.41) is 6.05. The van der Waals surface area contributed by atoms with Crippen LogP contribution in [0.4, 0.5) is 17.1 Å². The molecule has 0 saturated carbocycles. The first kappa shape index (κ1) is 19.2. The summed E-state index contributed by atoms with van der Waals surface area (Å²) >= 11 is 3.37. The van der Waals surface area contributed by atoms with E-state index >= 15 is 0 Å². The maximum absolute atomic E-state index is 12.4. The molecule has 1 fully saturated rings. The van der Waals surface area contributed by atoms with E-state index in [0.717, 1.165) is 28.0 Å².